The average Bonchev–Trinajstić information content (AvgIpc) is 3.39. The SMILES string of the molecule is Cl.O=C(c1ccn(C2CCCNC2)n1)N1CCCC1CC(O)c1ccccc1. The van der Waals surface area contributed by atoms with Crippen molar-refractivity contribution in [3.63, 3.8) is 0 Å². The molecule has 6 nitrogen and oxygen atoms in total. The smallest absolute Gasteiger partial charge is 0.274 e. The van der Waals surface area contributed by atoms with Gasteiger partial charge >= 0.3 is 0 Å². The normalized spacial score (nSPS) is 23.2. The maximum Gasteiger partial charge on any atom is 0.274 e. The minimum atomic E-state index is -0.546. The number of carbonyl (C=O) groups excluding carboxylic acids is 1. The van der Waals surface area contributed by atoms with Gasteiger partial charge in [0.15, 0.2) is 0 Å². The highest BCUT2D eigenvalue weighted by molar-refractivity contribution is 5.92. The lowest BCUT2D eigenvalue weighted by molar-refractivity contribution is 0.0660. The molecule has 2 aromatic rings. The molecule has 0 bridgehead atoms. The van der Waals surface area contributed by atoms with Crippen molar-refractivity contribution in [3.05, 3.63) is 53.9 Å². The van der Waals surface area contributed by atoms with Crippen molar-refractivity contribution in [1.82, 2.24) is 20.0 Å². The van der Waals surface area contributed by atoms with Crippen molar-refractivity contribution in [2.45, 2.75) is 50.3 Å². The van der Waals surface area contributed by atoms with Crippen molar-refractivity contribution < 1.29 is 9.90 Å². The molecule has 0 radical (unpaired) electrons. The van der Waals surface area contributed by atoms with E-state index in [9.17, 15) is 9.90 Å². The molecule has 3 heterocycles. The number of aliphatic hydroxyl groups is 1. The standard InChI is InChI=1S/C21H28N4O2.ClH/c26-20(16-6-2-1-3-7-16)14-17-9-5-12-24(17)21(27)19-10-13-25(23-19)18-8-4-11-22-15-18;/h1-3,6-7,10,13,17-18,20,22,26H,4-5,8-9,11-12,14-15H2;1H. The predicted molar refractivity (Wildman–Crippen MR) is 111 cm³/mol. The summed E-state index contributed by atoms with van der Waals surface area (Å²) in [6.07, 6.45) is 6.10. The molecule has 2 fully saturated rings. The van der Waals surface area contributed by atoms with E-state index in [1.54, 1.807) is 0 Å². The van der Waals surface area contributed by atoms with E-state index in [1.807, 2.05) is 52.2 Å². The lowest BCUT2D eigenvalue weighted by atomic mass is 10.0. The van der Waals surface area contributed by atoms with E-state index in [2.05, 4.69) is 10.4 Å². The van der Waals surface area contributed by atoms with Crippen molar-refractivity contribution >= 4 is 18.3 Å². The van der Waals surface area contributed by atoms with Crippen molar-refractivity contribution in [2.24, 2.45) is 0 Å². The summed E-state index contributed by atoms with van der Waals surface area (Å²) in [5, 5.41) is 18.5. The van der Waals surface area contributed by atoms with Crippen LogP contribution in [-0.4, -0.2) is 51.4 Å². The summed E-state index contributed by atoms with van der Waals surface area (Å²) in [4.78, 5) is 14.9. The Morgan fingerprint density at radius 3 is 2.79 bits per heavy atom. The molecule has 3 unspecified atom stereocenters. The van der Waals surface area contributed by atoms with Gasteiger partial charge in [0.25, 0.3) is 5.91 Å². The van der Waals surface area contributed by atoms with E-state index in [1.165, 1.54) is 0 Å². The number of carbonyl (C=O) groups is 1. The van der Waals surface area contributed by atoms with E-state index >= 15 is 0 Å². The van der Waals surface area contributed by atoms with Gasteiger partial charge in [-0.3, -0.25) is 9.48 Å². The van der Waals surface area contributed by atoms with Crippen molar-refractivity contribution in [1.29, 1.82) is 0 Å². The maximum atomic E-state index is 13.0. The zero-order chi connectivity index (χ0) is 18.6. The molecule has 0 spiro atoms. The highest BCUT2D eigenvalue weighted by Crippen LogP contribution is 2.28. The Morgan fingerprint density at radius 1 is 1.21 bits per heavy atom. The number of hydrogen-bond donors (Lipinski definition) is 2. The first-order valence-corrected chi connectivity index (χ1v) is 10.0. The van der Waals surface area contributed by atoms with Crippen LogP contribution in [0.15, 0.2) is 42.6 Å². The quantitative estimate of drug-likeness (QED) is 0.803. The van der Waals surface area contributed by atoms with Crippen LogP contribution < -0.4 is 5.32 Å². The summed E-state index contributed by atoms with van der Waals surface area (Å²) in [5.41, 5.74) is 1.42. The van der Waals surface area contributed by atoms with Crippen molar-refractivity contribution in [2.75, 3.05) is 19.6 Å². The largest absolute Gasteiger partial charge is 0.388 e. The number of halogens is 1. The Kier molecular flexibility index (Phi) is 7.10. The lowest BCUT2D eigenvalue weighted by Gasteiger charge is -2.26. The molecular formula is C21H29ClN4O2. The highest BCUT2D eigenvalue weighted by Gasteiger charge is 2.32. The summed E-state index contributed by atoms with van der Waals surface area (Å²) in [6, 6.07) is 11.9. The molecule has 2 aliphatic rings. The summed E-state index contributed by atoms with van der Waals surface area (Å²) in [7, 11) is 0. The predicted octanol–water partition coefficient (Wildman–Crippen LogP) is 2.96. The van der Waals surface area contributed by atoms with Crippen LogP contribution in [0.3, 0.4) is 0 Å². The van der Waals surface area contributed by atoms with Crippen LogP contribution >= 0.6 is 12.4 Å². The molecule has 2 N–H and O–H groups in total. The Morgan fingerprint density at radius 2 is 2.04 bits per heavy atom. The average molecular weight is 405 g/mol. The van der Waals surface area contributed by atoms with Gasteiger partial charge in [0.05, 0.1) is 12.1 Å². The number of hydrogen-bond acceptors (Lipinski definition) is 4. The molecule has 4 rings (SSSR count). The molecule has 2 aliphatic heterocycles. The number of piperidine rings is 1. The maximum absolute atomic E-state index is 13.0. The molecule has 152 valence electrons. The fraction of sp³-hybridized carbons (Fsp3) is 0.524. The van der Waals surface area contributed by atoms with Gasteiger partial charge < -0.3 is 15.3 Å². The Labute approximate surface area is 172 Å². The third kappa shape index (κ3) is 4.57. The van der Waals surface area contributed by atoms with Crippen LogP contribution in [0.5, 0.6) is 0 Å². The zero-order valence-electron chi connectivity index (χ0n) is 16.0. The van der Waals surface area contributed by atoms with E-state index < -0.39 is 6.10 Å². The van der Waals surface area contributed by atoms with Gasteiger partial charge in [0.1, 0.15) is 5.69 Å². The second-order valence-electron chi connectivity index (χ2n) is 7.64. The molecule has 2 saturated heterocycles. The van der Waals surface area contributed by atoms with E-state index in [-0.39, 0.29) is 24.4 Å². The summed E-state index contributed by atoms with van der Waals surface area (Å²) in [6.45, 7) is 2.70. The van der Waals surface area contributed by atoms with E-state index in [4.69, 9.17) is 0 Å². The van der Waals surface area contributed by atoms with Crippen LogP contribution in [-0.2, 0) is 0 Å². The number of nitrogens with zero attached hydrogens (tertiary/aromatic N) is 3. The van der Waals surface area contributed by atoms with Crippen molar-refractivity contribution in [3.8, 4) is 0 Å². The molecule has 28 heavy (non-hydrogen) atoms. The summed E-state index contributed by atoms with van der Waals surface area (Å²) >= 11 is 0. The van der Waals surface area contributed by atoms with E-state index in [0.717, 1.165) is 50.9 Å². The van der Waals surface area contributed by atoms with Crippen LogP contribution in [0, 0.1) is 0 Å². The second kappa shape index (κ2) is 9.54. The number of amides is 1. The van der Waals surface area contributed by atoms with Gasteiger partial charge in [-0.15, -0.1) is 12.4 Å². The number of nitrogens with one attached hydrogen (secondary N) is 1. The Hall–Kier alpha value is -1.89. The molecular weight excluding hydrogens is 376 g/mol. The minimum Gasteiger partial charge on any atom is -0.388 e. The third-order valence-corrected chi connectivity index (χ3v) is 5.79. The number of aliphatic hydroxyl groups excluding tert-OH is 1. The summed E-state index contributed by atoms with van der Waals surface area (Å²) < 4.78 is 1.93. The second-order valence-corrected chi connectivity index (χ2v) is 7.64. The Bertz CT molecular complexity index is 761. The van der Waals surface area contributed by atoms with Gasteiger partial charge in [0, 0.05) is 25.3 Å². The molecule has 0 aliphatic carbocycles. The Balaban J connectivity index is 0.00000225. The first kappa shape index (κ1) is 20.8. The molecule has 1 amide bonds. The monoisotopic (exact) mass is 404 g/mol. The van der Waals surface area contributed by atoms with Crippen LogP contribution in [0.4, 0.5) is 0 Å². The lowest BCUT2D eigenvalue weighted by Crippen LogP contribution is -2.37. The highest BCUT2D eigenvalue weighted by atomic mass is 35.5. The van der Waals surface area contributed by atoms with Crippen LogP contribution in [0.2, 0.25) is 0 Å². The van der Waals surface area contributed by atoms with Gasteiger partial charge in [0.2, 0.25) is 0 Å². The fourth-order valence-corrected chi connectivity index (χ4v) is 4.28. The third-order valence-electron chi connectivity index (χ3n) is 5.79. The minimum absolute atomic E-state index is 0. The first-order valence-electron chi connectivity index (χ1n) is 10.0. The van der Waals surface area contributed by atoms with Gasteiger partial charge in [-0.25, -0.2) is 0 Å². The first-order chi connectivity index (χ1) is 13.2. The molecule has 0 saturated carbocycles. The fourth-order valence-electron chi connectivity index (χ4n) is 4.28. The zero-order valence-corrected chi connectivity index (χ0v) is 16.9. The number of likely N-dealkylation sites (tertiary alicyclic amines) is 1. The molecule has 1 aromatic carbocycles. The number of rotatable bonds is 5. The summed E-state index contributed by atoms with van der Waals surface area (Å²) in [5.74, 6) is -0.0136. The van der Waals surface area contributed by atoms with Gasteiger partial charge in [-0.1, -0.05) is 30.3 Å². The number of aromatic nitrogens is 2. The van der Waals surface area contributed by atoms with Crippen LogP contribution in [0.1, 0.15) is 60.3 Å². The number of benzene rings is 1. The molecule has 7 heteroatoms. The van der Waals surface area contributed by atoms with Gasteiger partial charge in [-0.05, 0) is 50.3 Å². The van der Waals surface area contributed by atoms with E-state index in [0.29, 0.717) is 18.2 Å². The topological polar surface area (TPSA) is 70.4 Å². The van der Waals surface area contributed by atoms with Gasteiger partial charge in [-0.2, -0.15) is 5.10 Å². The molecule has 3 atom stereocenters. The molecule has 1 aromatic heterocycles. The van der Waals surface area contributed by atoms with Crippen LogP contribution in [0.25, 0.3) is 0 Å².